The topological polar surface area (TPSA) is 47.3 Å². The third-order valence-electron chi connectivity index (χ3n) is 5.86. The van der Waals surface area contributed by atoms with Gasteiger partial charge in [0.2, 0.25) is 0 Å². The van der Waals surface area contributed by atoms with Gasteiger partial charge in [0, 0.05) is 17.6 Å². The second-order valence-electron chi connectivity index (χ2n) is 8.67. The Morgan fingerprint density at radius 3 is 1.95 bits per heavy atom. The molecule has 0 bridgehead atoms. The number of halogens is 11. The minimum atomic E-state index is -5.24. The summed E-state index contributed by atoms with van der Waals surface area (Å²) in [7, 11) is 0.992. The lowest BCUT2D eigenvalue weighted by molar-refractivity contribution is -0.141. The average Bonchev–Trinajstić information content (AvgIpc) is 3.24. The van der Waals surface area contributed by atoms with Gasteiger partial charge >= 0.3 is 18.5 Å². The van der Waals surface area contributed by atoms with E-state index in [1.165, 1.54) is 24.3 Å². The summed E-state index contributed by atoms with van der Waals surface area (Å²) < 4.78 is 130. The molecule has 0 saturated heterocycles. The third-order valence-corrected chi connectivity index (χ3v) is 6.44. The number of aromatic hydroxyl groups is 1. The Morgan fingerprint density at radius 2 is 1.41 bits per heavy atom. The first-order valence-corrected chi connectivity index (χ1v) is 12.0. The van der Waals surface area contributed by atoms with E-state index in [-0.39, 0.29) is 0 Å². The molecule has 4 aromatic rings. The van der Waals surface area contributed by atoms with Crippen molar-refractivity contribution in [3.05, 3.63) is 87.0 Å². The molecule has 218 valence electrons. The van der Waals surface area contributed by atoms with Crippen LogP contribution < -0.4 is 4.74 Å². The van der Waals surface area contributed by atoms with Crippen molar-refractivity contribution >= 4 is 23.2 Å². The molecule has 0 aliphatic heterocycles. The summed E-state index contributed by atoms with van der Waals surface area (Å²) in [5.41, 5.74) is -7.03. The van der Waals surface area contributed by atoms with Gasteiger partial charge in [-0.3, -0.25) is 4.68 Å². The predicted octanol–water partition coefficient (Wildman–Crippen LogP) is 9.40. The summed E-state index contributed by atoms with van der Waals surface area (Å²) in [5.74, 6) is -2.15. The van der Waals surface area contributed by atoms with Gasteiger partial charge in [-0.1, -0.05) is 41.4 Å². The molecule has 0 amide bonds. The number of benzene rings is 3. The molecular weight excluding hydrogens is 614 g/mol. The summed E-state index contributed by atoms with van der Waals surface area (Å²) in [6.45, 7) is -0.546. The van der Waals surface area contributed by atoms with Crippen LogP contribution in [0.3, 0.4) is 0 Å². The molecule has 0 fully saturated rings. The first kappa shape index (κ1) is 30.4. The number of phenols is 1. The normalized spacial score (nSPS) is 12.6. The molecule has 41 heavy (non-hydrogen) atoms. The minimum Gasteiger partial charge on any atom is -0.506 e. The maximum atomic E-state index is 14.4. The van der Waals surface area contributed by atoms with E-state index >= 15 is 0 Å². The predicted molar refractivity (Wildman–Crippen MR) is 132 cm³/mol. The highest BCUT2D eigenvalue weighted by Gasteiger charge is 2.41. The zero-order valence-electron chi connectivity index (χ0n) is 20.3. The van der Waals surface area contributed by atoms with Crippen molar-refractivity contribution < 1.29 is 49.4 Å². The number of rotatable bonds is 5. The van der Waals surface area contributed by atoms with Gasteiger partial charge in [0.1, 0.15) is 18.1 Å². The van der Waals surface area contributed by atoms with Gasteiger partial charge in [-0.15, -0.1) is 0 Å². The van der Waals surface area contributed by atoms with Gasteiger partial charge in [-0.2, -0.15) is 44.6 Å². The van der Waals surface area contributed by atoms with E-state index < -0.39 is 80.9 Å². The van der Waals surface area contributed by atoms with Crippen molar-refractivity contribution in [3.8, 4) is 33.9 Å². The lowest BCUT2D eigenvalue weighted by atomic mass is 9.93. The van der Waals surface area contributed by atoms with Crippen molar-refractivity contribution in [2.24, 2.45) is 7.05 Å². The van der Waals surface area contributed by atoms with Crippen molar-refractivity contribution in [1.29, 1.82) is 0 Å². The molecule has 0 saturated carbocycles. The fourth-order valence-electron chi connectivity index (χ4n) is 3.97. The monoisotopic (exact) mass is 628 g/mol. The second-order valence-corrected chi connectivity index (χ2v) is 9.51. The van der Waals surface area contributed by atoms with Crippen LogP contribution in [0.25, 0.3) is 22.4 Å². The molecular formula is C26H15Cl2F9N2O2. The van der Waals surface area contributed by atoms with Crippen LogP contribution in [0.5, 0.6) is 11.5 Å². The van der Waals surface area contributed by atoms with E-state index in [4.69, 9.17) is 27.9 Å². The smallest absolute Gasteiger partial charge is 0.435 e. The van der Waals surface area contributed by atoms with E-state index in [0.717, 1.165) is 19.2 Å². The molecule has 0 unspecified atom stereocenters. The molecule has 0 spiro atoms. The second kappa shape index (κ2) is 10.7. The third kappa shape index (κ3) is 6.35. The van der Waals surface area contributed by atoms with E-state index in [0.29, 0.717) is 33.5 Å². The SMILES string of the molecule is Cn1nc(C(F)(F)F)cc1-c1cc(C(F)(F)F)c(OCc2ccc(Cl)cc2)c(-c2ccc(Cl)c(C(F)(F)F)c2)c1O. The molecule has 1 N–H and O–H groups in total. The van der Waals surface area contributed by atoms with Crippen LogP contribution in [-0.2, 0) is 32.2 Å². The number of phenolic OH excluding ortho intramolecular Hbond substituents is 1. The molecule has 3 aromatic carbocycles. The fourth-order valence-corrected chi connectivity index (χ4v) is 4.32. The van der Waals surface area contributed by atoms with Crippen LogP contribution in [0.1, 0.15) is 22.4 Å². The highest BCUT2D eigenvalue weighted by molar-refractivity contribution is 6.31. The van der Waals surface area contributed by atoms with Crippen molar-refractivity contribution in [2.45, 2.75) is 25.1 Å². The number of nitrogens with zero attached hydrogens (tertiary/aromatic N) is 2. The van der Waals surface area contributed by atoms with Gasteiger partial charge in [0.25, 0.3) is 0 Å². The largest absolute Gasteiger partial charge is 0.506 e. The summed E-state index contributed by atoms with van der Waals surface area (Å²) in [4.78, 5) is 0. The average molecular weight is 629 g/mol. The van der Waals surface area contributed by atoms with Crippen LogP contribution in [0, 0.1) is 0 Å². The molecule has 1 heterocycles. The van der Waals surface area contributed by atoms with Gasteiger partial charge in [0.15, 0.2) is 5.69 Å². The molecule has 1 aromatic heterocycles. The molecule has 0 atom stereocenters. The van der Waals surface area contributed by atoms with Crippen LogP contribution in [0.4, 0.5) is 39.5 Å². The summed E-state index contributed by atoms with van der Waals surface area (Å²) in [6.07, 6.45) is -15.3. The maximum Gasteiger partial charge on any atom is 0.435 e. The van der Waals surface area contributed by atoms with Gasteiger partial charge in [-0.05, 0) is 47.5 Å². The number of ether oxygens (including phenoxy) is 1. The Hall–Kier alpha value is -3.58. The first-order chi connectivity index (χ1) is 18.9. The zero-order chi connectivity index (χ0) is 30.5. The van der Waals surface area contributed by atoms with E-state index in [2.05, 4.69) is 5.10 Å². The lowest BCUT2D eigenvalue weighted by Gasteiger charge is -2.22. The fraction of sp³-hybridized carbons (Fsp3) is 0.192. The Balaban J connectivity index is 2.04. The van der Waals surface area contributed by atoms with Crippen LogP contribution >= 0.6 is 23.2 Å². The quantitative estimate of drug-likeness (QED) is 0.224. The number of aromatic nitrogens is 2. The number of hydrogen-bond donors (Lipinski definition) is 1. The molecule has 0 aliphatic carbocycles. The summed E-state index contributed by atoms with van der Waals surface area (Å²) in [5, 5.41) is 14.0. The Kier molecular flexibility index (Phi) is 7.91. The Bertz CT molecular complexity index is 1590. The van der Waals surface area contributed by atoms with Gasteiger partial charge < -0.3 is 9.84 Å². The molecule has 4 rings (SSSR count). The van der Waals surface area contributed by atoms with Crippen molar-refractivity contribution in [1.82, 2.24) is 9.78 Å². The van der Waals surface area contributed by atoms with E-state index in [1.807, 2.05) is 0 Å². The maximum absolute atomic E-state index is 14.4. The van der Waals surface area contributed by atoms with Crippen molar-refractivity contribution in [2.75, 3.05) is 0 Å². The summed E-state index contributed by atoms with van der Waals surface area (Å²) in [6, 6.07) is 8.49. The lowest BCUT2D eigenvalue weighted by Crippen LogP contribution is -2.12. The summed E-state index contributed by atoms with van der Waals surface area (Å²) >= 11 is 11.5. The van der Waals surface area contributed by atoms with Crippen LogP contribution in [0.15, 0.2) is 54.6 Å². The Morgan fingerprint density at radius 1 is 0.805 bits per heavy atom. The van der Waals surface area contributed by atoms with Crippen LogP contribution in [0.2, 0.25) is 10.0 Å². The molecule has 15 heteroatoms. The first-order valence-electron chi connectivity index (χ1n) is 11.2. The van der Waals surface area contributed by atoms with Crippen LogP contribution in [-0.4, -0.2) is 14.9 Å². The number of aryl methyl sites for hydroxylation is 1. The highest BCUT2D eigenvalue weighted by atomic mass is 35.5. The van der Waals surface area contributed by atoms with E-state index in [9.17, 15) is 44.6 Å². The highest BCUT2D eigenvalue weighted by Crippen LogP contribution is 2.52. The van der Waals surface area contributed by atoms with Gasteiger partial charge in [0.05, 0.1) is 27.4 Å². The van der Waals surface area contributed by atoms with Crippen molar-refractivity contribution in [3.63, 3.8) is 0 Å². The van der Waals surface area contributed by atoms with E-state index in [1.54, 1.807) is 0 Å². The molecule has 4 nitrogen and oxygen atoms in total. The minimum absolute atomic E-state index is 0.308. The molecule has 0 aliphatic rings. The zero-order valence-corrected chi connectivity index (χ0v) is 21.8. The molecule has 0 radical (unpaired) electrons. The Labute approximate surface area is 235 Å². The number of alkyl halides is 9. The standard InChI is InChI=1S/C26H15Cl2F9N2O2/c1-39-19(10-20(38-39)26(35,36)37)15-9-17(25(32,33)34)23(41-11-12-2-5-14(27)6-3-12)21(22(15)40)13-4-7-18(28)16(8-13)24(29,30)31/h2-10,40H,11H2,1H3. The van der Waals surface area contributed by atoms with Gasteiger partial charge in [-0.25, -0.2) is 0 Å². The number of hydrogen-bond acceptors (Lipinski definition) is 3.